The Morgan fingerprint density at radius 2 is 1.79 bits per heavy atom. The van der Waals surface area contributed by atoms with Gasteiger partial charge in [0.05, 0.1) is 6.10 Å². The Balaban J connectivity index is 2.82. The van der Waals surface area contributed by atoms with Gasteiger partial charge in [-0.25, -0.2) is 0 Å². The molecule has 2 heteroatoms. The van der Waals surface area contributed by atoms with Gasteiger partial charge in [0.25, 0.3) is 0 Å². The number of ether oxygens (including phenoxy) is 1. The first-order valence-electron chi connectivity index (χ1n) is 5.05. The van der Waals surface area contributed by atoms with E-state index in [0.29, 0.717) is 5.92 Å². The van der Waals surface area contributed by atoms with Crippen LogP contribution in [0.15, 0.2) is 29.2 Å². The third-order valence-corrected chi connectivity index (χ3v) is 2.47. The summed E-state index contributed by atoms with van der Waals surface area (Å²) in [7, 11) is 0. The van der Waals surface area contributed by atoms with Crippen LogP contribution in [0.2, 0.25) is 0 Å². The number of hydrogen-bond acceptors (Lipinski definition) is 2. The molecule has 0 saturated heterocycles. The third kappa shape index (κ3) is 3.03. The molecule has 0 radical (unpaired) electrons. The molecule has 0 saturated carbocycles. The van der Waals surface area contributed by atoms with E-state index in [1.54, 1.807) is 0 Å². The smallest absolute Gasteiger partial charge is 0.0847 e. The summed E-state index contributed by atoms with van der Waals surface area (Å²) in [6.45, 7) is 7.14. The van der Waals surface area contributed by atoms with Crippen molar-refractivity contribution in [1.82, 2.24) is 0 Å². The van der Waals surface area contributed by atoms with Gasteiger partial charge >= 0.3 is 0 Å². The fourth-order valence-electron chi connectivity index (χ4n) is 1.52. The van der Waals surface area contributed by atoms with Crippen molar-refractivity contribution in [2.24, 2.45) is 5.92 Å². The van der Waals surface area contributed by atoms with Crippen molar-refractivity contribution in [1.29, 1.82) is 0 Å². The first-order chi connectivity index (χ1) is 6.65. The second-order valence-electron chi connectivity index (χ2n) is 3.71. The average molecular weight is 210 g/mol. The highest BCUT2D eigenvalue weighted by molar-refractivity contribution is 7.80. The summed E-state index contributed by atoms with van der Waals surface area (Å²) in [6.07, 6.45) is 0.203. The van der Waals surface area contributed by atoms with E-state index in [2.05, 4.69) is 38.6 Å². The van der Waals surface area contributed by atoms with Crippen LogP contribution in [-0.2, 0) is 4.74 Å². The summed E-state index contributed by atoms with van der Waals surface area (Å²) in [5.74, 6) is 0.501. The molecule has 0 spiro atoms. The van der Waals surface area contributed by atoms with Gasteiger partial charge in [-0.15, -0.1) is 12.6 Å². The molecule has 1 atom stereocenters. The van der Waals surface area contributed by atoms with Crippen LogP contribution < -0.4 is 0 Å². The van der Waals surface area contributed by atoms with E-state index in [-0.39, 0.29) is 6.10 Å². The number of benzene rings is 1. The van der Waals surface area contributed by atoms with Crippen molar-refractivity contribution >= 4 is 12.6 Å². The van der Waals surface area contributed by atoms with Gasteiger partial charge in [-0.3, -0.25) is 0 Å². The molecule has 0 aliphatic carbocycles. The van der Waals surface area contributed by atoms with Gasteiger partial charge in [0, 0.05) is 11.5 Å². The lowest BCUT2D eigenvalue weighted by molar-refractivity contribution is 0.0294. The molecule has 0 aromatic heterocycles. The Labute approximate surface area is 91.9 Å². The van der Waals surface area contributed by atoms with Crippen LogP contribution in [0, 0.1) is 5.92 Å². The Morgan fingerprint density at radius 3 is 2.21 bits per heavy atom. The Morgan fingerprint density at radius 1 is 1.21 bits per heavy atom. The molecule has 14 heavy (non-hydrogen) atoms. The van der Waals surface area contributed by atoms with E-state index >= 15 is 0 Å². The molecule has 1 aromatic carbocycles. The van der Waals surface area contributed by atoms with Crippen molar-refractivity contribution in [3.63, 3.8) is 0 Å². The van der Waals surface area contributed by atoms with Gasteiger partial charge in [0.1, 0.15) is 0 Å². The molecule has 78 valence electrons. The molecule has 0 amide bonds. The minimum Gasteiger partial charge on any atom is -0.374 e. The van der Waals surface area contributed by atoms with E-state index in [1.807, 2.05) is 19.1 Å². The molecule has 0 heterocycles. The number of rotatable bonds is 4. The predicted molar refractivity (Wildman–Crippen MR) is 62.9 cm³/mol. The van der Waals surface area contributed by atoms with Crippen molar-refractivity contribution in [3.05, 3.63) is 29.8 Å². The van der Waals surface area contributed by atoms with Crippen LogP contribution in [0.5, 0.6) is 0 Å². The van der Waals surface area contributed by atoms with Gasteiger partial charge < -0.3 is 4.74 Å². The molecule has 0 aliphatic heterocycles. The van der Waals surface area contributed by atoms with Crippen LogP contribution in [-0.4, -0.2) is 6.61 Å². The molecule has 0 N–H and O–H groups in total. The normalized spacial score (nSPS) is 13.2. The molecule has 1 rings (SSSR count). The molecule has 0 unspecified atom stereocenters. The lowest BCUT2D eigenvalue weighted by atomic mass is 9.99. The summed E-state index contributed by atoms with van der Waals surface area (Å²) < 4.78 is 5.70. The van der Waals surface area contributed by atoms with Gasteiger partial charge in [-0.05, 0) is 30.5 Å². The highest BCUT2D eigenvalue weighted by atomic mass is 32.1. The molecular formula is C12H18OS. The van der Waals surface area contributed by atoms with E-state index in [9.17, 15) is 0 Å². The molecule has 1 aromatic rings. The monoisotopic (exact) mass is 210 g/mol. The second-order valence-corrected chi connectivity index (χ2v) is 4.23. The van der Waals surface area contributed by atoms with Crippen molar-refractivity contribution in [3.8, 4) is 0 Å². The lowest BCUT2D eigenvalue weighted by Crippen LogP contribution is -2.10. The third-order valence-electron chi connectivity index (χ3n) is 2.17. The summed E-state index contributed by atoms with van der Waals surface area (Å²) in [6, 6.07) is 8.19. The average Bonchev–Trinajstić information content (AvgIpc) is 2.15. The van der Waals surface area contributed by atoms with Crippen molar-refractivity contribution < 1.29 is 4.74 Å². The largest absolute Gasteiger partial charge is 0.374 e. The summed E-state index contributed by atoms with van der Waals surface area (Å²) in [5.41, 5.74) is 1.24. The van der Waals surface area contributed by atoms with Crippen LogP contribution in [0.4, 0.5) is 0 Å². The number of thiol groups is 1. The molecule has 0 aliphatic rings. The van der Waals surface area contributed by atoms with Crippen molar-refractivity contribution in [2.45, 2.75) is 31.8 Å². The van der Waals surface area contributed by atoms with Crippen molar-refractivity contribution in [2.75, 3.05) is 6.61 Å². The second kappa shape index (κ2) is 5.42. The molecule has 0 fully saturated rings. The van der Waals surface area contributed by atoms with Gasteiger partial charge in [0.2, 0.25) is 0 Å². The minimum atomic E-state index is 0.203. The van der Waals surface area contributed by atoms with Gasteiger partial charge in [0.15, 0.2) is 0 Å². The van der Waals surface area contributed by atoms with Gasteiger partial charge in [-0.2, -0.15) is 0 Å². The zero-order valence-corrected chi connectivity index (χ0v) is 9.92. The van der Waals surface area contributed by atoms with Crippen LogP contribution >= 0.6 is 12.6 Å². The maximum absolute atomic E-state index is 5.70. The van der Waals surface area contributed by atoms with Crippen LogP contribution in [0.25, 0.3) is 0 Å². The molecule has 1 nitrogen and oxygen atoms in total. The zero-order valence-electron chi connectivity index (χ0n) is 9.03. The summed E-state index contributed by atoms with van der Waals surface area (Å²) in [5, 5.41) is 0. The minimum absolute atomic E-state index is 0.203. The summed E-state index contributed by atoms with van der Waals surface area (Å²) >= 11 is 4.26. The van der Waals surface area contributed by atoms with E-state index < -0.39 is 0 Å². The zero-order chi connectivity index (χ0) is 10.6. The van der Waals surface area contributed by atoms with E-state index in [1.165, 1.54) is 5.56 Å². The fraction of sp³-hybridized carbons (Fsp3) is 0.500. The highest BCUT2D eigenvalue weighted by Gasteiger charge is 2.14. The summed E-state index contributed by atoms with van der Waals surface area (Å²) in [4.78, 5) is 0.993. The first kappa shape index (κ1) is 11.6. The topological polar surface area (TPSA) is 9.23 Å². The van der Waals surface area contributed by atoms with Gasteiger partial charge in [-0.1, -0.05) is 26.0 Å². The lowest BCUT2D eigenvalue weighted by Gasteiger charge is -2.21. The molecule has 0 bridgehead atoms. The SMILES string of the molecule is CCO[C@H](c1ccc(S)cc1)C(C)C. The maximum atomic E-state index is 5.70. The Kier molecular flexibility index (Phi) is 4.49. The molecular weight excluding hydrogens is 192 g/mol. The van der Waals surface area contributed by atoms with E-state index in [4.69, 9.17) is 4.74 Å². The Hall–Kier alpha value is -0.470. The number of hydrogen-bond donors (Lipinski definition) is 1. The Bertz CT molecular complexity index is 266. The first-order valence-corrected chi connectivity index (χ1v) is 5.50. The quantitative estimate of drug-likeness (QED) is 0.745. The highest BCUT2D eigenvalue weighted by Crippen LogP contribution is 2.26. The fourth-order valence-corrected chi connectivity index (χ4v) is 1.67. The van der Waals surface area contributed by atoms with Crippen LogP contribution in [0.1, 0.15) is 32.4 Å². The van der Waals surface area contributed by atoms with E-state index in [0.717, 1.165) is 11.5 Å². The standard InChI is InChI=1S/C12H18OS/c1-4-13-12(9(2)3)10-5-7-11(14)8-6-10/h5-9,12,14H,4H2,1-3H3/t12-/m0/s1. The van der Waals surface area contributed by atoms with Crippen LogP contribution in [0.3, 0.4) is 0 Å². The maximum Gasteiger partial charge on any atom is 0.0847 e. The predicted octanol–water partition coefficient (Wildman–Crippen LogP) is 3.71.